The number of ether oxygens (including phenoxy) is 2. The number of nitrogens with one attached hydrogen (secondary N) is 2. The molecule has 0 spiro atoms. The summed E-state index contributed by atoms with van der Waals surface area (Å²) in [7, 11) is 0. The van der Waals surface area contributed by atoms with E-state index in [2.05, 4.69) is 15.8 Å². The minimum atomic E-state index is -0.992. The lowest BCUT2D eigenvalue weighted by atomic mass is 10.2. The largest absolute Gasteiger partial charge is 0.494 e. The van der Waals surface area contributed by atoms with Crippen molar-refractivity contribution in [2.45, 2.75) is 6.92 Å². The smallest absolute Gasteiger partial charge is 0.350 e. The monoisotopic (exact) mass is 476 g/mol. The van der Waals surface area contributed by atoms with Crippen molar-refractivity contribution in [3.05, 3.63) is 94.0 Å². The topological polar surface area (TPSA) is 149 Å². The number of hydrogen-bond donors (Lipinski definition) is 2. The molecule has 2 amide bonds. The van der Waals surface area contributed by atoms with Crippen molar-refractivity contribution in [3.8, 4) is 11.5 Å². The summed E-state index contributed by atoms with van der Waals surface area (Å²) in [5.74, 6) is -2.07. The highest BCUT2D eigenvalue weighted by Gasteiger charge is 2.21. The normalized spacial score (nSPS) is 10.4. The Balaban J connectivity index is 1.57. The fraction of sp³-hybridized carbons (Fsp3) is 0.0833. The van der Waals surface area contributed by atoms with E-state index in [0.717, 1.165) is 0 Å². The molecule has 0 aromatic heterocycles. The Labute approximate surface area is 199 Å². The maximum Gasteiger partial charge on any atom is 0.350 e. The van der Waals surface area contributed by atoms with Crippen molar-refractivity contribution in [2.75, 3.05) is 11.9 Å². The van der Waals surface area contributed by atoms with Gasteiger partial charge < -0.3 is 14.8 Å². The third-order valence-electron chi connectivity index (χ3n) is 4.40. The first-order chi connectivity index (χ1) is 16.9. The Kier molecular flexibility index (Phi) is 8.22. The average molecular weight is 476 g/mol. The molecule has 0 saturated carbocycles. The van der Waals surface area contributed by atoms with Gasteiger partial charge in [-0.2, -0.15) is 5.10 Å². The zero-order valence-electron chi connectivity index (χ0n) is 18.5. The standard InChI is InChI=1S/C24H20N4O7/c1-2-34-18-12-10-17(11-13-18)26-22(29)23(30)27-25-15-16-6-5-7-19(14-16)35-24(31)20-8-3-4-9-21(20)28(32)33/h3-15H,2H2,1H3,(H,26,29)(H,27,30)/b25-15+. The van der Waals surface area contributed by atoms with Gasteiger partial charge in [0.25, 0.3) is 5.69 Å². The Bertz CT molecular complexity index is 1270. The summed E-state index contributed by atoms with van der Waals surface area (Å²) in [6, 6.07) is 18.0. The number of nitro benzene ring substituents is 1. The fourth-order valence-corrected chi connectivity index (χ4v) is 2.83. The van der Waals surface area contributed by atoms with Crippen LogP contribution < -0.4 is 20.2 Å². The van der Waals surface area contributed by atoms with Crippen molar-refractivity contribution in [1.29, 1.82) is 0 Å². The molecule has 3 rings (SSSR count). The van der Waals surface area contributed by atoms with Crippen LogP contribution in [0.4, 0.5) is 11.4 Å². The molecule has 0 aliphatic heterocycles. The van der Waals surface area contributed by atoms with Crippen LogP contribution >= 0.6 is 0 Å². The molecule has 0 saturated heterocycles. The number of carbonyl (C=O) groups excluding carboxylic acids is 3. The van der Waals surface area contributed by atoms with Crippen LogP contribution in [0.15, 0.2) is 77.9 Å². The second kappa shape index (κ2) is 11.7. The lowest BCUT2D eigenvalue weighted by molar-refractivity contribution is -0.385. The van der Waals surface area contributed by atoms with Gasteiger partial charge in [-0.25, -0.2) is 10.2 Å². The first kappa shape index (κ1) is 24.6. The number of benzene rings is 3. The zero-order chi connectivity index (χ0) is 25.2. The van der Waals surface area contributed by atoms with E-state index in [1.54, 1.807) is 36.4 Å². The molecular formula is C24H20N4O7. The first-order valence-corrected chi connectivity index (χ1v) is 10.3. The van der Waals surface area contributed by atoms with Crippen LogP contribution in [0.5, 0.6) is 11.5 Å². The number of anilines is 1. The SMILES string of the molecule is CCOc1ccc(NC(=O)C(=O)N/N=C/c2cccc(OC(=O)c3ccccc3[N+](=O)[O-])c2)cc1. The lowest BCUT2D eigenvalue weighted by Gasteiger charge is -2.06. The maximum absolute atomic E-state index is 12.4. The second-order valence-electron chi connectivity index (χ2n) is 6.85. The molecule has 0 atom stereocenters. The quantitative estimate of drug-likeness (QED) is 0.126. The number of hydrazone groups is 1. The van der Waals surface area contributed by atoms with Crippen molar-refractivity contribution < 1.29 is 28.8 Å². The zero-order valence-corrected chi connectivity index (χ0v) is 18.5. The lowest BCUT2D eigenvalue weighted by Crippen LogP contribution is -2.32. The Morgan fingerprint density at radius 3 is 2.43 bits per heavy atom. The molecular weight excluding hydrogens is 456 g/mol. The van der Waals surface area contributed by atoms with Gasteiger partial charge in [-0.3, -0.25) is 19.7 Å². The van der Waals surface area contributed by atoms with E-state index in [-0.39, 0.29) is 17.0 Å². The van der Waals surface area contributed by atoms with E-state index in [0.29, 0.717) is 23.6 Å². The highest BCUT2D eigenvalue weighted by molar-refractivity contribution is 6.39. The third kappa shape index (κ3) is 6.96. The van der Waals surface area contributed by atoms with Gasteiger partial charge in [0.05, 0.1) is 17.7 Å². The average Bonchev–Trinajstić information content (AvgIpc) is 2.85. The van der Waals surface area contributed by atoms with Gasteiger partial charge in [0.1, 0.15) is 17.1 Å². The minimum absolute atomic E-state index is 0.108. The molecule has 178 valence electrons. The number of para-hydroxylation sites is 1. The number of rotatable bonds is 8. The predicted molar refractivity (Wildman–Crippen MR) is 126 cm³/mol. The van der Waals surface area contributed by atoms with Gasteiger partial charge in [0.15, 0.2) is 0 Å². The highest BCUT2D eigenvalue weighted by atomic mass is 16.6. The second-order valence-corrected chi connectivity index (χ2v) is 6.85. The van der Waals surface area contributed by atoms with Crippen molar-refractivity contribution in [3.63, 3.8) is 0 Å². The Hall–Kier alpha value is -5.06. The van der Waals surface area contributed by atoms with E-state index >= 15 is 0 Å². The van der Waals surface area contributed by atoms with E-state index in [9.17, 15) is 24.5 Å². The molecule has 35 heavy (non-hydrogen) atoms. The summed E-state index contributed by atoms with van der Waals surface area (Å²) in [6.07, 6.45) is 1.24. The van der Waals surface area contributed by atoms with Gasteiger partial charge in [0.2, 0.25) is 0 Å². The summed E-state index contributed by atoms with van der Waals surface area (Å²) < 4.78 is 10.5. The number of carbonyl (C=O) groups is 3. The van der Waals surface area contributed by atoms with E-state index < -0.39 is 22.7 Å². The van der Waals surface area contributed by atoms with Gasteiger partial charge in [-0.15, -0.1) is 0 Å². The van der Waals surface area contributed by atoms with Gasteiger partial charge in [-0.1, -0.05) is 24.3 Å². The molecule has 11 heteroatoms. The van der Waals surface area contributed by atoms with Crippen LogP contribution in [0.1, 0.15) is 22.8 Å². The first-order valence-electron chi connectivity index (χ1n) is 10.3. The number of esters is 1. The van der Waals surface area contributed by atoms with Crippen molar-refractivity contribution in [2.24, 2.45) is 5.10 Å². The summed E-state index contributed by atoms with van der Waals surface area (Å²) in [5.41, 5.74) is 2.38. The van der Waals surface area contributed by atoms with E-state index in [1.807, 2.05) is 6.92 Å². The number of nitrogens with zero attached hydrogens (tertiary/aromatic N) is 2. The summed E-state index contributed by atoms with van der Waals surface area (Å²) in [5, 5.41) is 17.3. The Morgan fingerprint density at radius 1 is 0.971 bits per heavy atom. The van der Waals surface area contributed by atoms with Gasteiger partial charge in [0, 0.05) is 11.8 Å². The number of amides is 2. The van der Waals surface area contributed by atoms with Crippen LogP contribution in [-0.2, 0) is 9.59 Å². The molecule has 2 N–H and O–H groups in total. The van der Waals surface area contributed by atoms with E-state index in [4.69, 9.17) is 9.47 Å². The molecule has 3 aromatic carbocycles. The van der Waals surface area contributed by atoms with Crippen LogP contribution in [0.25, 0.3) is 0 Å². The summed E-state index contributed by atoms with van der Waals surface area (Å²) >= 11 is 0. The highest BCUT2D eigenvalue weighted by Crippen LogP contribution is 2.21. The molecule has 0 aliphatic carbocycles. The fourth-order valence-electron chi connectivity index (χ4n) is 2.83. The van der Waals surface area contributed by atoms with Crippen molar-refractivity contribution >= 4 is 35.4 Å². The van der Waals surface area contributed by atoms with Gasteiger partial charge in [-0.05, 0) is 55.0 Å². The summed E-state index contributed by atoms with van der Waals surface area (Å²) in [4.78, 5) is 46.8. The summed E-state index contributed by atoms with van der Waals surface area (Å²) in [6.45, 7) is 2.36. The van der Waals surface area contributed by atoms with Crippen LogP contribution in [0.3, 0.4) is 0 Å². The number of nitro groups is 1. The number of hydrogen-bond acceptors (Lipinski definition) is 8. The molecule has 11 nitrogen and oxygen atoms in total. The maximum atomic E-state index is 12.4. The molecule has 0 unspecified atom stereocenters. The molecule has 0 heterocycles. The van der Waals surface area contributed by atoms with Crippen LogP contribution in [0.2, 0.25) is 0 Å². The van der Waals surface area contributed by atoms with Crippen LogP contribution in [0, 0.1) is 10.1 Å². The molecule has 0 radical (unpaired) electrons. The molecule has 0 aliphatic rings. The Morgan fingerprint density at radius 2 is 1.71 bits per heavy atom. The van der Waals surface area contributed by atoms with Gasteiger partial charge >= 0.3 is 17.8 Å². The van der Waals surface area contributed by atoms with Crippen molar-refractivity contribution in [1.82, 2.24) is 5.43 Å². The molecule has 0 fully saturated rings. The minimum Gasteiger partial charge on any atom is -0.494 e. The third-order valence-corrected chi connectivity index (χ3v) is 4.40. The molecule has 3 aromatic rings. The van der Waals surface area contributed by atoms with Crippen LogP contribution in [-0.4, -0.2) is 35.5 Å². The predicted octanol–water partition coefficient (Wildman–Crippen LogP) is 3.30. The van der Waals surface area contributed by atoms with E-state index in [1.165, 1.54) is 42.6 Å². The molecule has 0 bridgehead atoms.